The first-order valence-corrected chi connectivity index (χ1v) is 7.66. The molecule has 19 heavy (non-hydrogen) atoms. The third-order valence-corrected chi connectivity index (χ3v) is 4.91. The van der Waals surface area contributed by atoms with E-state index in [1.807, 2.05) is 6.07 Å². The van der Waals surface area contributed by atoms with Crippen LogP contribution in [0.1, 0.15) is 31.7 Å². The summed E-state index contributed by atoms with van der Waals surface area (Å²) in [6, 6.07) is 9.17. The van der Waals surface area contributed by atoms with E-state index in [-0.39, 0.29) is 0 Å². The molecule has 104 valence electrons. The summed E-state index contributed by atoms with van der Waals surface area (Å²) >= 11 is 0. The fourth-order valence-electron chi connectivity index (χ4n) is 3.81. The van der Waals surface area contributed by atoms with Crippen molar-refractivity contribution in [2.45, 2.75) is 38.6 Å². The standard InChI is InChI=1S/C17H25NO/c1-3-18-17(15-10-13-9-14(13)11-15)8-12-5-4-6-16(7-12)19-2/h4-7,13-15,17-18H,3,8-11H2,1-2H3. The highest BCUT2D eigenvalue weighted by Crippen LogP contribution is 2.55. The molecule has 2 heteroatoms. The third-order valence-electron chi connectivity index (χ3n) is 4.91. The van der Waals surface area contributed by atoms with Gasteiger partial charge in [0.2, 0.25) is 0 Å². The van der Waals surface area contributed by atoms with Crippen LogP contribution in [0.25, 0.3) is 0 Å². The molecule has 0 amide bonds. The van der Waals surface area contributed by atoms with Crippen molar-refractivity contribution in [2.75, 3.05) is 13.7 Å². The molecule has 0 saturated heterocycles. The molecule has 1 N–H and O–H groups in total. The molecule has 0 aromatic heterocycles. The number of nitrogens with one attached hydrogen (secondary N) is 1. The van der Waals surface area contributed by atoms with Gasteiger partial charge in [0, 0.05) is 6.04 Å². The highest BCUT2D eigenvalue weighted by atomic mass is 16.5. The molecule has 2 aliphatic carbocycles. The summed E-state index contributed by atoms with van der Waals surface area (Å²) in [4.78, 5) is 0. The Morgan fingerprint density at radius 2 is 2.05 bits per heavy atom. The molecule has 3 unspecified atom stereocenters. The van der Waals surface area contributed by atoms with Gasteiger partial charge < -0.3 is 10.1 Å². The van der Waals surface area contributed by atoms with Gasteiger partial charge in [-0.1, -0.05) is 19.1 Å². The van der Waals surface area contributed by atoms with Crippen LogP contribution < -0.4 is 10.1 Å². The minimum absolute atomic E-state index is 0.643. The topological polar surface area (TPSA) is 21.3 Å². The number of fused-ring (bicyclic) bond motifs is 1. The van der Waals surface area contributed by atoms with Gasteiger partial charge in [0.25, 0.3) is 0 Å². The molecule has 0 heterocycles. The molecule has 2 aliphatic rings. The molecule has 2 fully saturated rings. The lowest BCUT2D eigenvalue weighted by atomic mass is 9.89. The van der Waals surface area contributed by atoms with E-state index in [9.17, 15) is 0 Å². The van der Waals surface area contributed by atoms with Gasteiger partial charge >= 0.3 is 0 Å². The second-order valence-corrected chi connectivity index (χ2v) is 6.21. The molecule has 0 radical (unpaired) electrons. The van der Waals surface area contributed by atoms with Crippen molar-refractivity contribution in [3.63, 3.8) is 0 Å². The van der Waals surface area contributed by atoms with Crippen molar-refractivity contribution in [3.8, 4) is 5.75 Å². The summed E-state index contributed by atoms with van der Waals surface area (Å²) in [6.07, 6.45) is 5.54. The van der Waals surface area contributed by atoms with Crippen LogP contribution in [-0.2, 0) is 6.42 Å². The average Bonchev–Trinajstić information content (AvgIpc) is 3.05. The molecule has 0 aliphatic heterocycles. The number of ether oxygens (including phenoxy) is 1. The number of methoxy groups -OCH3 is 1. The second-order valence-electron chi connectivity index (χ2n) is 6.21. The minimum Gasteiger partial charge on any atom is -0.497 e. The van der Waals surface area contributed by atoms with E-state index in [0.717, 1.165) is 36.5 Å². The van der Waals surface area contributed by atoms with Crippen LogP contribution in [0.15, 0.2) is 24.3 Å². The quantitative estimate of drug-likeness (QED) is 0.846. The lowest BCUT2D eigenvalue weighted by molar-refractivity contribution is 0.336. The predicted molar refractivity (Wildman–Crippen MR) is 78.5 cm³/mol. The van der Waals surface area contributed by atoms with Gasteiger partial charge in [-0.25, -0.2) is 0 Å². The van der Waals surface area contributed by atoms with Crippen LogP contribution >= 0.6 is 0 Å². The number of rotatable bonds is 6. The first-order chi connectivity index (χ1) is 9.30. The number of likely N-dealkylation sites (N-methyl/N-ethyl adjacent to an activating group) is 1. The van der Waals surface area contributed by atoms with Crippen molar-refractivity contribution >= 4 is 0 Å². The molecule has 2 nitrogen and oxygen atoms in total. The first kappa shape index (κ1) is 13.0. The fraction of sp³-hybridized carbons (Fsp3) is 0.647. The van der Waals surface area contributed by atoms with E-state index in [2.05, 4.69) is 30.4 Å². The summed E-state index contributed by atoms with van der Waals surface area (Å²) in [5.41, 5.74) is 1.39. The molecular formula is C17H25NO. The lowest BCUT2D eigenvalue weighted by Gasteiger charge is -2.26. The van der Waals surface area contributed by atoms with Gasteiger partial charge in [-0.05, 0) is 67.7 Å². The van der Waals surface area contributed by atoms with E-state index >= 15 is 0 Å². The van der Waals surface area contributed by atoms with Crippen molar-refractivity contribution in [1.29, 1.82) is 0 Å². The minimum atomic E-state index is 0.643. The van der Waals surface area contributed by atoms with Crippen molar-refractivity contribution < 1.29 is 4.74 Å². The summed E-state index contributed by atoms with van der Waals surface area (Å²) in [7, 11) is 1.74. The van der Waals surface area contributed by atoms with Gasteiger partial charge in [-0.2, -0.15) is 0 Å². The lowest BCUT2D eigenvalue weighted by Crippen LogP contribution is -2.37. The number of hydrogen-bond acceptors (Lipinski definition) is 2. The fourth-order valence-corrected chi connectivity index (χ4v) is 3.81. The molecule has 3 atom stereocenters. The van der Waals surface area contributed by atoms with Gasteiger partial charge in [0.15, 0.2) is 0 Å². The number of benzene rings is 1. The largest absolute Gasteiger partial charge is 0.497 e. The summed E-state index contributed by atoms with van der Waals surface area (Å²) in [5, 5.41) is 3.71. The Morgan fingerprint density at radius 1 is 1.26 bits per heavy atom. The molecule has 0 spiro atoms. The molecule has 1 aromatic rings. The maximum absolute atomic E-state index is 5.33. The van der Waals surface area contributed by atoms with Gasteiger partial charge in [0.05, 0.1) is 7.11 Å². The third kappa shape index (κ3) is 2.94. The maximum Gasteiger partial charge on any atom is 0.119 e. The Morgan fingerprint density at radius 3 is 2.74 bits per heavy atom. The molecular weight excluding hydrogens is 234 g/mol. The second kappa shape index (κ2) is 5.54. The Kier molecular flexibility index (Phi) is 3.79. The van der Waals surface area contributed by atoms with Crippen LogP contribution in [0.4, 0.5) is 0 Å². The Hall–Kier alpha value is -1.02. The van der Waals surface area contributed by atoms with Crippen LogP contribution in [0.2, 0.25) is 0 Å². The van der Waals surface area contributed by atoms with Crippen molar-refractivity contribution in [2.24, 2.45) is 17.8 Å². The van der Waals surface area contributed by atoms with Gasteiger partial charge in [-0.3, -0.25) is 0 Å². The van der Waals surface area contributed by atoms with Crippen LogP contribution in [0.3, 0.4) is 0 Å². The molecule has 1 aromatic carbocycles. The molecule has 0 bridgehead atoms. The van der Waals surface area contributed by atoms with Gasteiger partial charge in [-0.15, -0.1) is 0 Å². The molecule has 3 rings (SSSR count). The van der Waals surface area contributed by atoms with Gasteiger partial charge in [0.1, 0.15) is 5.75 Å². The van der Waals surface area contributed by atoms with E-state index < -0.39 is 0 Å². The van der Waals surface area contributed by atoms with Crippen LogP contribution in [0.5, 0.6) is 5.75 Å². The average molecular weight is 259 g/mol. The highest BCUT2D eigenvalue weighted by Gasteiger charge is 2.47. The van der Waals surface area contributed by atoms with E-state index in [0.29, 0.717) is 6.04 Å². The van der Waals surface area contributed by atoms with Crippen molar-refractivity contribution in [1.82, 2.24) is 5.32 Å². The Bertz CT molecular complexity index is 421. The van der Waals surface area contributed by atoms with Crippen LogP contribution in [-0.4, -0.2) is 19.7 Å². The zero-order chi connectivity index (χ0) is 13.2. The Balaban J connectivity index is 1.66. The summed E-state index contributed by atoms with van der Waals surface area (Å²) < 4.78 is 5.33. The number of hydrogen-bond donors (Lipinski definition) is 1. The highest BCUT2D eigenvalue weighted by molar-refractivity contribution is 5.29. The monoisotopic (exact) mass is 259 g/mol. The zero-order valence-corrected chi connectivity index (χ0v) is 12.1. The first-order valence-electron chi connectivity index (χ1n) is 7.66. The predicted octanol–water partition coefficient (Wildman–Crippen LogP) is 3.26. The SMILES string of the molecule is CCNC(Cc1cccc(OC)c1)C1CC2CC2C1. The summed E-state index contributed by atoms with van der Waals surface area (Å²) in [5.74, 6) is 3.99. The van der Waals surface area contributed by atoms with E-state index in [4.69, 9.17) is 4.74 Å². The smallest absolute Gasteiger partial charge is 0.119 e. The van der Waals surface area contributed by atoms with Crippen LogP contribution in [0, 0.1) is 17.8 Å². The Labute approximate surface area is 116 Å². The van der Waals surface area contributed by atoms with E-state index in [1.165, 1.54) is 24.8 Å². The van der Waals surface area contributed by atoms with E-state index in [1.54, 1.807) is 7.11 Å². The normalized spacial score (nSPS) is 29.9. The van der Waals surface area contributed by atoms with Crippen molar-refractivity contribution in [3.05, 3.63) is 29.8 Å². The molecule has 2 saturated carbocycles. The maximum atomic E-state index is 5.33. The summed E-state index contributed by atoms with van der Waals surface area (Å²) in [6.45, 7) is 3.29. The zero-order valence-electron chi connectivity index (χ0n) is 12.1.